The fourth-order valence-corrected chi connectivity index (χ4v) is 2.71. The molecule has 3 rings (SSSR count). The molecule has 0 aliphatic rings. The second-order valence-corrected chi connectivity index (χ2v) is 6.42. The summed E-state index contributed by atoms with van der Waals surface area (Å²) < 4.78 is 10.5. The quantitative estimate of drug-likeness (QED) is 0.464. The number of benzene rings is 2. The van der Waals surface area contributed by atoms with E-state index in [-0.39, 0.29) is 5.69 Å². The number of H-pyrrole nitrogens is 1. The minimum Gasteiger partial charge on any atom is -0.493 e. The van der Waals surface area contributed by atoms with Crippen LogP contribution in [0.2, 0.25) is 10.0 Å². The first-order chi connectivity index (χ1) is 13.5. The van der Waals surface area contributed by atoms with Crippen molar-refractivity contribution in [2.45, 2.75) is 0 Å². The minimum atomic E-state index is -0.435. The van der Waals surface area contributed by atoms with E-state index in [4.69, 9.17) is 32.7 Å². The van der Waals surface area contributed by atoms with Gasteiger partial charge in [-0.3, -0.25) is 9.89 Å². The SMILES string of the molecule is COc1ccc(-c2cc(C(=O)N/N=C\c3ccc(Cl)c(Cl)c3)[nH]n2)cc1OC. The highest BCUT2D eigenvalue weighted by atomic mass is 35.5. The number of aromatic amines is 1. The summed E-state index contributed by atoms with van der Waals surface area (Å²) in [5, 5.41) is 11.6. The summed E-state index contributed by atoms with van der Waals surface area (Å²) in [5.74, 6) is 0.743. The summed E-state index contributed by atoms with van der Waals surface area (Å²) in [6.07, 6.45) is 1.46. The Labute approximate surface area is 171 Å². The third-order valence-electron chi connectivity index (χ3n) is 3.83. The van der Waals surface area contributed by atoms with Crippen LogP contribution in [0.1, 0.15) is 16.1 Å². The van der Waals surface area contributed by atoms with Crippen molar-refractivity contribution in [1.29, 1.82) is 0 Å². The van der Waals surface area contributed by atoms with E-state index in [1.54, 1.807) is 50.6 Å². The lowest BCUT2D eigenvalue weighted by Gasteiger charge is -2.08. The minimum absolute atomic E-state index is 0.260. The van der Waals surface area contributed by atoms with Crippen LogP contribution in [0.4, 0.5) is 0 Å². The second kappa shape index (κ2) is 8.77. The van der Waals surface area contributed by atoms with Crippen LogP contribution in [0.5, 0.6) is 11.5 Å². The van der Waals surface area contributed by atoms with Gasteiger partial charge < -0.3 is 9.47 Å². The molecule has 0 bridgehead atoms. The van der Waals surface area contributed by atoms with E-state index >= 15 is 0 Å². The van der Waals surface area contributed by atoms with Crippen molar-refractivity contribution in [2.75, 3.05) is 14.2 Å². The molecule has 0 aliphatic heterocycles. The van der Waals surface area contributed by atoms with E-state index in [9.17, 15) is 4.79 Å². The first kappa shape index (κ1) is 19.7. The molecule has 1 amide bonds. The molecule has 28 heavy (non-hydrogen) atoms. The molecule has 7 nitrogen and oxygen atoms in total. The van der Waals surface area contributed by atoms with E-state index in [0.29, 0.717) is 32.8 Å². The van der Waals surface area contributed by atoms with Crippen molar-refractivity contribution >= 4 is 35.3 Å². The van der Waals surface area contributed by atoms with Crippen LogP contribution < -0.4 is 14.9 Å². The van der Waals surface area contributed by atoms with Crippen LogP contribution in [-0.2, 0) is 0 Å². The number of carbonyl (C=O) groups is 1. The van der Waals surface area contributed by atoms with Crippen molar-refractivity contribution in [3.8, 4) is 22.8 Å². The summed E-state index contributed by atoms with van der Waals surface area (Å²) in [5.41, 5.74) is 4.74. The Bertz CT molecular complexity index is 1030. The number of halogens is 2. The molecular formula is C19H16Cl2N4O3. The highest BCUT2D eigenvalue weighted by Crippen LogP contribution is 2.31. The summed E-state index contributed by atoms with van der Waals surface area (Å²) in [6.45, 7) is 0. The van der Waals surface area contributed by atoms with Crippen LogP contribution >= 0.6 is 23.2 Å². The average Bonchev–Trinajstić information content (AvgIpc) is 3.20. The molecule has 144 valence electrons. The van der Waals surface area contributed by atoms with Crippen molar-refractivity contribution in [2.24, 2.45) is 5.10 Å². The molecule has 0 aliphatic carbocycles. The topological polar surface area (TPSA) is 88.6 Å². The Morgan fingerprint density at radius 1 is 1.07 bits per heavy atom. The van der Waals surface area contributed by atoms with Crippen LogP contribution in [0.25, 0.3) is 11.3 Å². The molecule has 2 N–H and O–H groups in total. The predicted octanol–water partition coefficient (Wildman–Crippen LogP) is 4.16. The number of hydrazone groups is 1. The van der Waals surface area contributed by atoms with Gasteiger partial charge in [0.05, 0.1) is 36.2 Å². The van der Waals surface area contributed by atoms with Gasteiger partial charge in [-0.05, 0) is 42.0 Å². The van der Waals surface area contributed by atoms with Gasteiger partial charge >= 0.3 is 0 Å². The highest BCUT2D eigenvalue weighted by molar-refractivity contribution is 6.42. The summed E-state index contributed by atoms with van der Waals surface area (Å²) in [4.78, 5) is 12.2. The van der Waals surface area contributed by atoms with Gasteiger partial charge in [-0.2, -0.15) is 10.2 Å². The number of nitrogens with one attached hydrogen (secondary N) is 2. The maximum atomic E-state index is 12.2. The molecule has 1 heterocycles. The maximum Gasteiger partial charge on any atom is 0.289 e. The molecular weight excluding hydrogens is 403 g/mol. The third kappa shape index (κ3) is 4.44. The molecule has 0 saturated carbocycles. The van der Waals surface area contributed by atoms with Crippen LogP contribution in [0.3, 0.4) is 0 Å². The monoisotopic (exact) mass is 418 g/mol. The van der Waals surface area contributed by atoms with Gasteiger partial charge in [0, 0.05) is 5.56 Å². The van der Waals surface area contributed by atoms with Gasteiger partial charge in [0.2, 0.25) is 0 Å². The lowest BCUT2D eigenvalue weighted by atomic mass is 10.1. The zero-order valence-corrected chi connectivity index (χ0v) is 16.5. The molecule has 0 unspecified atom stereocenters. The maximum absolute atomic E-state index is 12.2. The van der Waals surface area contributed by atoms with Crippen molar-refractivity contribution < 1.29 is 14.3 Å². The molecule has 2 aromatic carbocycles. The smallest absolute Gasteiger partial charge is 0.289 e. The van der Waals surface area contributed by atoms with E-state index < -0.39 is 5.91 Å². The van der Waals surface area contributed by atoms with Crippen LogP contribution in [-0.4, -0.2) is 36.5 Å². The van der Waals surface area contributed by atoms with E-state index in [0.717, 1.165) is 5.56 Å². The number of carbonyl (C=O) groups excluding carboxylic acids is 1. The lowest BCUT2D eigenvalue weighted by Crippen LogP contribution is -2.18. The Morgan fingerprint density at radius 3 is 2.57 bits per heavy atom. The number of methoxy groups -OCH3 is 2. The summed E-state index contributed by atoms with van der Waals surface area (Å²) in [6, 6.07) is 12.0. The first-order valence-corrected chi connectivity index (χ1v) is 8.83. The number of hydrogen-bond acceptors (Lipinski definition) is 5. The van der Waals surface area contributed by atoms with Gasteiger partial charge in [-0.15, -0.1) is 0 Å². The average molecular weight is 419 g/mol. The van der Waals surface area contributed by atoms with Gasteiger partial charge in [0.1, 0.15) is 5.69 Å². The molecule has 0 atom stereocenters. The van der Waals surface area contributed by atoms with Gasteiger partial charge in [-0.25, -0.2) is 5.43 Å². The van der Waals surface area contributed by atoms with Crippen LogP contribution in [0, 0.1) is 0 Å². The molecule has 0 spiro atoms. The van der Waals surface area contributed by atoms with Gasteiger partial charge in [-0.1, -0.05) is 29.3 Å². The Hall–Kier alpha value is -3.03. The van der Waals surface area contributed by atoms with Crippen LogP contribution in [0.15, 0.2) is 47.6 Å². The predicted molar refractivity (Wildman–Crippen MR) is 109 cm³/mol. The molecule has 0 fully saturated rings. The van der Waals surface area contributed by atoms with Gasteiger partial charge in [0.25, 0.3) is 5.91 Å². The summed E-state index contributed by atoms with van der Waals surface area (Å²) >= 11 is 11.8. The van der Waals surface area contributed by atoms with E-state index in [1.165, 1.54) is 6.21 Å². The number of rotatable bonds is 6. The third-order valence-corrected chi connectivity index (χ3v) is 4.56. The number of aromatic nitrogens is 2. The molecule has 0 saturated heterocycles. The lowest BCUT2D eigenvalue weighted by molar-refractivity contribution is 0.0950. The Morgan fingerprint density at radius 2 is 1.86 bits per heavy atom. The fraction of sp³-hybridized carbons (Fsp3) is 0.105. The van der Waals surface area contributed by atoms with Crippen molar-refractivity contribution in [3.05, 3.63) is 63.8 Å². The highest BCUT2D eigenvalue weighted by Gasteiger charge is 2.12. The normalized spacial score (nSPS) is 10.9. The van der Waals surface area contributed by atoms with E-state index in [1.807, 2.05) is 6.07 Å². The molecule has 9 heteroatoms. The molecule has 1 aromatic heterocycles. The zero-order valence-electron chi connectivity index (χ0n) is 15.0. The van der Waals surface area contributed by atoms with Crippen molar-refractivity contribution in [1.82, 2.24) is 15.6 Å². The fourth-order valence-electron chi connectivity index (χ4n) is 2.40. The summed E-state index contributed by atoms with van der Waals surface area (Å²) in [7, 11) is 3.12. The van der Waals surface area contributed by atoms with Crippen molar-refractivity contribution in [3.63, 3.8) is 0 Å². The van der Waals surface area contributed by atoms with Gasteiger partial charge in [0.15, 0.2) is 11.5 Å². The second-order valence-electron chi connectivity index (χ2n) is 5.61. The van der Waals surface area contributed by atoms with E-state index in [2.05, 4.69) is 20.7 Å². The first-order valence-electron chi connectivity index (χ1n) is 8.08. The molecule has 0 radical (unpaired) electrons. The Balaban J connectivity index is 1.70. The Kier molecular flexibility index (Phi) is 6.18. The number of amides is 1. The zero-order chi connectivity index (χ0) is 20.1. The number of nitrogens with zero attached hydrogens (tertiary/aromatic N) is 2. The molecule has 3 aromatic rings. The number of ether oxygens (including phenoxy) is 2. The number of hydrogen-bond donors (Lipinski definition) is 2. The largest absolute Gasteiger partial charge is 0.493 e. The standard InChI is InChI=1S/C19H16Cl2N4O3/c1-27-17-6-4-12(8-18(17)28-2)15-9-16(24-23-15)19(26)25-22-10-11-3-5-13(20)14(21)7-11/h3-10H,1-2H3,(H,23,24)(H,25,26)/b22-10-.